The second kappa shape index (κ2) is 5.21. The van der Waals surface area contributed by atoms with E-state index in [9.17, 15) is 9.18 Å². The van der Waals surface area contributed by atoms with Gasteiger partial charge in [0.05, 0.1) is 6.54 Å². The number of halogens is 1. The fourth-order valence-electron chi connectivity index (χ4n) is 1.97. The van der Waals surface area contributed by atoms with Gasteiger partial charge in [-0.1, -0.05) is 0 Å². The van der Waals surface area contributed by atoms with Gasteiger partial charge < -0.3 is 14.5 Å². The van der Waals surface area contributed by atoms with Crippen LogP contribution in [0.4, 0.5) is 9.18 Å². The van der Waals surface area contributed by atoms with Crippen LogP contribution in [0.2, 0.25) is 0 Å². The smallest absolute Gasteiger partial charge is 0.410 e. The molecule has 0 radical (unpaired) electrons. The van der Waals surface area contributed by atoms with Crippen LogP contribution in [0.3, 0.4) is 0 Å². The fraction of sp³-hybridized carbons (Fsp3) is 0.917. The van der Waals surface area contributed by atoms with E-state index in [2.05, 4.69) is 0 Å². The molecule has 5 heteroatoms. The van der Waals surface area contributed by atoms with Crippen molar-refractivity contribution in [2.24, 2.45) is 0 Å². The van der Waals surface area contributed by atoms with Crippen molar-refractivity contribution in [2.75, 3.05) is 27.2 Å². The van der Waals surface area contributed by atoms with Crippen molar-refractivity contribution >= 4 is 6.09 Å². The molecule has 0 aromatic heterocycles. The Balaban J connectivity index is 2.52. The summed E-state index contributed by atoms with van der Waals surface area (Å²) < 4.78 is 19.1. The van der Waals surface area contributed by atoms with Crippen molar-refractivity contribution in [3.05, 3.63) is 0 Å². The lowest BCUT2D eigenvalue weighted by molar-refractivity contribution is 0.000978. The first kappa shape index (κ1) is 14.2. The Kier molecular flexibility index (Phi) is 4.36. The van der Waals surface area contributed by atoms with Gasteiger partial charge >= 0.3 is 6.09 Å². The summed E-state index contributed by atoms with van der Waals surface area (Å²) in [5, 5.41) is 0. The quantitative estimate of drug-likeness (QED) is 0.708. The van der Waals surface area contributed by atoms with E-state index in [1.807, 2.05) is 39.8 Å². The minimum atomic E-state index is -1.01. The maximum Gasteiger partial charge on any atom is 0.410 e. The summed E-state index contributed by atoms with van der Waals surface area (Å²) in [5.74, 6) is 0. The Morgan fingerprint density at radius 2 is 2.00 bits per heavy atom. The predicted molar refractivity (Wildman–Crippen MR) is 64.8 cm³/mol. The van der Waals surface area contributed by atoms with Crippen LogP contribution in [0.15, 0.2) is 0 Å². The summed E-state index contributed by atoms with van der Waals surface area (Å²) in [5.41, 5.74) is -0.526. The molecule has 0 saturated carbocycles. The lowest BCUT2D eigenvalue weighted by Crippen LogP contribution is -2.52. The zero-order valence-electron chi connectivity index (χ0n) is 11.4. The number of carbonyl (C=O) groups is 1. The highest BCUT2D eigenvalue weighted by Crippen LogP contribution is 2.20. The van der Waals surface area contributed by atoms with Crippen LogP contribution in [-0.2, 0) is 4.74 Å². The molecule has 0 aromatic carbocycles. The molecule has 0 N–H and O–H groups in total. The van der Waals surface area contributed by atoms with Crippen molar-refractivity contribution in [3.8, 4) is 0 Å². The third kappa shape index (κ3) is 4.15. The van der Waals surface area contributed by atoms with E-state index in [1.165, 1.54) is 4.90 Å². The standard InChI is InChI=1S/C12H23FN2O2/c1-12(2,3)17-11(16)15-7-6-10(14(4)5)9(13)8-15/h9-10H,6-8H2,1-5H3/t9-,10?/m0/s1. The molecule has 0 aliphatic carbocycles. The van der Waals surface area contributed by atoms with E-state index < -0.39 is 17.9 Å². The third-order valence-electron chi connectivity index (χ3n) is 2.82. The van der Waals surface area contributed by atoms with Crippen LogP contribution in [0, 0.1) is 0 Å². The maximum absolute atomic E-state index is 13.9. The predicted octanol–water partition coefficient (Wildman–Crippen LogP) is 1.90. The van der Waals surface area contributed by atoms with E-state index >= 15 is 0 Å². The van der Waals surface area contributed by atoms with E-state index in [4.69, 9.17) is 4.74 Å². The third-order valence-corrected chi connectivity index (χ3v) is 2.82. The van der Waals surface area contributed by atoms with E-state index in [1.54, 1.807) is 0 Å². The van der Waals surface area contributed by atoms with E-state index in [0.717, 1.165) is 0 Å². The summed E-state index contributed by atoms with van der Waals surface area (Å²) in [7, 11) is 3.72. The first-order valence-corrected chi connectivity index (χ1v) is 5.99. The average Bonchev–Trinajstić information content (AvgIpc) is 2.14. The molecule has 1 aliphatic rings. The number of alkyl halides is 1. The molecule has 2 atom stereocenters. The summed E-state index contributed by atoms with van der Waals surface area (Å²) in [4.78, 5) is 15.1. The molecule has 100 valence electrons. The summed E-state index contributed by atoms with van der Waals surface area (Å²) in [6.45, 7) is 6.11. The lowest BCUT2D eigenvalue weighted by Gasteiger charge is -2.38. The molecule has 1 aliphatic heterocycles. The fourth-order valence-corrected chi connectivity index (χ4v) is 1.97. The van der Waals surface area contributed by atoms with E-state index in [0.29, 0.717) is 13.0 Å². The van der Waals surface area contributed by atoms with Crippen molar-refractivity contribution in [3.63, 3.8) is 0 Å². The molecule has 0 bridgehead atoms. The molecular weight excluding hydrogens is 223 g/mol. The van der Waals surface area contributed by atoms with Gasteiger partial charge in [-0.05, 0) is 41.3 Å². The van der Waals surface area contributed by atoms with Crippen molar-refractivity contribution < 1.29 is 13.9 Å². The molecule has 1 rings (SSSR count). The van der Waals surface area contributed by atoms with Crippen LogP contribution < -0.4 is 0 Å². The van der Waals surface area contributed by atoms with Gasteiger partial charge in [0.15, 0.2) is 0 Å². The Labute approximate surface area is 103 Å². The topological polar surface area (TPSA) is 32.8 Å². The van der Waals surface area contributed by atoms with Gasteiger partial charge in [-0.15, -0.1) is 0 Å². The molecule has 1 heterocycles. The van der Waals surface area contributed by atoms with Gasteiger partial charge in [0.2, 0.25) is 0 Å². The minimum Gasteiger partial charge on any atom is -0.444 e. The van der Waals surface area contributed by atoms with Gasteiger partial charge in [0.1, 0.15) is 11.8 Å². The van der Waals surface area contributed by atoms with Gasteiger partial charge in [-0.2, -0.15) is 0 Å². The zero-order valence-corrected chi connectivity index (χ0v) is 11.4. The highest BCUT2D eigenvalue weighted by atomic mass is 19.1. The number of piperidine rings is 1. The molecule has 0 spiro atoms. The minimum absolute atomic E-state index is 0.103. The normalized spacial score (nSPS) is 26.2. The molecule has 1 amide bonds. The number of ether oxygens (including phenoxy) is 1. The molecule has 1 saturated heterocycles. The number of carbonyl (C=O) groups excluding carboxylic acids is 1. The molecule has 1 unspecified atom stereocenters. The van der Waals surface area contributed by atoms with Crippen LogP contribution in [0.5, 0.6) is 0 Å². The second-order valence-electron chi connectivity index (χ2n) is 5.76. The SMILES string of the molecule is CN(C)C1CCN(C(=O)OC(C)(C)C)C[C@@H]1F. The Morgan fingerprint density at radius 1 is 1.41 bits per heavy atom. The number of hydrogen-bond acceptors (Lipinski definition) is 3. The maximum atomic E-state index is 13.9. The highest BCUT2D eigenvalue weighted by Gasteiger charge is 2.34. The largest absolute Gasteiger partial charge is 0.444 e. The number of hydrogen-bond donors (Lipinski definition) is 0. The average molecular weight is 246 g/mol. The van der Waals surface area contributed by atoms with Gasteiger partial charge in [-0.25, -0.2) is 9.18 Å². The van der Waals surface area contributed by atoms with E-state index in [-0.39, 0.29) is 12.6 Å². The number of rotatable bonds is 1. The zero-order chi connectivity index (χ0) is 13.2. The van der Waals surface area contributed by atoms with Crippen molar-refractivity contribution in [1.29, 1.82) is 0 Å². The molecule has 1 fully saturated rings. The Bertz CT molecular complexity index is 276. The first-order chi connectivity index (χ1) is 7.70. The van der Waals surface area contributed by atoms with Crippen LogP contribution in [0.25, 0.3) is 0 Å². The molecule has 0 aromatic rings. The Hall–Kier alpha value is -0.840. The lowest BCUT2D eigenvalue weighted by atomic mass is 10.0. The van der Waals surface area contributed by atoms with Gasteiger partial charge in [-0.3, -0.25) is 0 Å². The second-order valence-corrected chi connectivity index (χ2v) is 5.76. The van der Waals surface area contributed by atoms with Crippen LogP contribution in [0.1, 0.15) is 27.2 Å². The highest BCUT2D eigenvalue weighted by molar-refractivity contribution is 5.68. The Morgan fingerprint density at radius 3 is 2.41 bits per heavy atom. The van der Waals surface area contributed by atoms with Crippen molar-refractivity contribution in [1.82, 2.24) is 9.80 Å². The summed E-state index contributed by atoms with van der Waals surface area (Å²) in [6.07, 6.45) is -0.781. The molecular formula is C12H23FN2O2. The monoisotopic (exact) mass is 246 g/mol. The number of amides is 1. The van der Waals surface area contributed by atoms with Crippen LogP contribution >= 0.6 is 0 Å². The van der Waals surface area contributed by atoms with Gasteiger partial charge in [0.25, 0.3) is 0 Å². The summed E-state index contributed by atoms with van der Waals surface area (Å²) in [6, 6.07) is -0.103. The van der Waals surface area contributed by atoms with Crippen LogP contribution in [-0.4, -0.2) is 60.9 Å². The molecule has 4 nitrogen and oxygen atoms in total. The summed E-state index contributed by atoms with van der Waals surface area (Å²) >= 11 is 0. The van der Waals surface area contributed by atoms with Crippen molar-refractivity contribution in [2.45, 2.75) is 45.0 Å². The number of nitrogens with zero attached hydrogens (tertiary/aromatic N) is 2. The first-order valence-electron chi connectivity index (χ1n) is 5.99. The molecule has 17 heavy (non-hydrogen) atoms. The van der Waals surface area contributed by atoms with Gasteiger partial charge in [0, 0.05) is 12.6 Å². The number of likely N-dealkylation sites (tertiary alicyclic amines) is 1.